The molecule has 1 saturated heterocycles. The second-order valence-corrected chi connectivity index (χ2v) is 6.22. The van der Waals surface area contributed by atoms with Crippen LogP contribution in [0.15, 0.2) is 53.1 Å². The van der Waals surface area contributed by atoms with Crippen LogP contribution in [0.25, 0.3) is 22.2 Å². The van der Waals surface area contributed by atoms with Crippen molar-refractivity contribution >= 4 is 16.7 Å². The Morgan fingerprint density at radius 2 is 1.95 bits per heavy atom. The van der Waals surface area contributed by atoms with E-state index in [0.29, 0.717) is 0 Å². The largest absolute Gasteiger partial charge is 0.464 e. The number of furan rings is 1. The average Bonchev–Trinajstić information content (AvgIpc) is 3.09. The van der Waals surface area contributed by atoms with E-state index in [2.05, 4.69) is 42.2 Å². The number of hydrogen-bond donors (Lipinski definition) is 0. The minimum absolute atomic E-state index is 0.840. The summed E-state index contributed by atoms with van der Waals surface area (Å²) in [5.41, 5.74) is 2.14. The molecule has 112 valence electrons. The Morgan fingerprint density at radius 3 is 2.73 bits per heavy atom. The van der Waals surface area contributed by atoms with Gasteiger partial charge in [0.15, 0.2) is 0 Å². The molecule has 0 bridgehead atoms. The van der Waals surface area contributed by atoms with E-state index in [4.69, 9.17) is 9.40 Å². The van der Waals surface area contributed by atoms with E-state index in [1.807, 2.05) is 12.1 Å². The van der Waals surface area contributed by atoms with Gasteiger partial charge in [0.25, 0.3) is 0 Å². The van der Waals surface area contributed by atoms with E-state index in [9.17, 15) is 0 Å². The summed E-state index contributed by atoms with van der Waals surface area (Å²) in [6.45, 7) is 4.57. The lowest BCUT2D eigenvalue weighted by Crippen LogP contribution is -2.33. The van der Waals surface area contributed by atoms with Crippen LogP contribution in [0.3, 0.4) is 0 Å². The third-order valence-electron chi connectivity index (χ3n) is 4.59. The summed E-state index contributed by atoms with van der Waals surface area (Å²) in [5, 5.41) is 1.16. The molecule has 2 aromatic heterocycles. The summed E-state index contributed by atoms with van der Waals surface area (Å²) >= 11 is 0. The van der Waals surface area contributed by atoms with E-state index in [-0.39, 0.29) is 0 Å². The predicted molar refractivity (Wildman–Crippen MR) is 90.1 cm³/mol. The first-order chi connectivity index (χ1) is 10.8. The molecule has 3 heterocycles. The summed E-state index contributed by atoms with van der Waals surface area (Å²) in [6, 6.07) is 14.5. The Bertz CT molecular complexity index is 771. The van der Waals surface area contributed by atoms with Crippen LogP contribution in [0.4, 0.5) is 5.82 Å². The average molecular weight is 292 g/mol. The predicted octanol–water partition coefficient (Wildman–Crippen LogP) is 4.73. The SMILES string of the molecule is CC1CCN(c2ccc3cc(-c4ccco4)ccc3n2)CC1. The Hall–Kier alpha value is -2.29. The van der Waals surface area contributed by atoms with E-state index < -0.39 is 0 Å². The molecule has 1 aliphatic rings. The fraction of sp³-hybridized carbons (Fsp3) is 0.316. The molecule has 22 heavy (non-hydrogen) atoms. The minimum Gasteiger partial charge on any atom is -0.464 e. The molecule has 0 N–H and O–H groups in total. The number of fused-ring (bicyclic) bond motifs is 1. The van der Waals surface area contributed by atoms with Gasteiger partial charge in [0.2, 0.25) is 0 Å². The molecule has 3 aromatic rings. The van der Waals surface area contributed by atoms with E-state index in [1.54, 1.807) is 6.26 Å². The Balaban J connectivity index is 1.66. The summed E-state index contributed by atoms with van der Waals surface area (Å²) < 4.78 is 5.47. The fourth-order valence-electron chi connectivity index (χ4n) is 3.12. The molecule has 3 nitrogen and oxygen atoms in total. The maximum atomic E-state index is 5.47. The highest BCUT2D eigenvalue weighted by atomic mass is 16.3. The summed E-state index contributed by atoms with van der Waals surface area (Å²) in [6.07, 6.45) is 4.23. The van der Waals surface area contributed by atoms with Crippen molar-refractivity contribution in [3.63, 3.8) is 0 Å². The molecule has 1 aromatic carbocycles. The molecule has 1 fully saturated rings. The summed E-state index contributed by atoms with van der Waals surface area (Å²) in [5.74, 6) is 2.84. The lowest BCUT2D eigenvalue weighted by Gasteiger charge is -2.31. The zero-order valence-corrected chi connectivity index (χ0v) is 12.8. The van der Waals surface area contributed by atoms with Gasteiger partial charge in [0.1, 0.15) is 11.6 Å². The van der Waals surface area contributed by atoms with Gasteiger partial charge in [0.05, 0.1) is 11.8 Å². The van der Waals surface area contributed by atoms with Gasteiger partial charge in [-0.05, 0) is 61.2 Å². The third kappa shape index (κ3) is 2.47. The number of benzene rings is 1. The Morgan fingerprint density at radius 1 is 1.09 bits per heavy atom. The van der Waals surface area contributed by atoms with Gasteiger partial charge in [-0.25, -0.2) is 4.98 Å². The number of anilines is 1. The first kappa shape index (κ1) is 13.4. The molecule has 0 unspecified atom stereocenters. The van der Waals surface area contributed by atoms with Crippen LogP contribution in [0, 0.1) is 5.92 Å². The van der Waals surface area contributed by atoms with Crippen LogP contribution in [-0.2, 0) is 0 Å². The van der Waals surface area contributed by atoms with Crippen molar-refractivity contribution in [1.29, 1.82) is 0 Å². The van der Waals surface area contributed by atoms with Gasteiger partial charge < -0.3 is 9.32 Å². The van der Waals surface area contributed by atoms with Crippen molar-refractivity contribution in [3.8, 4) is 11.3 Å². The molecule has 0 atom stereocenters. The van der Waals surface area contributed by atoms with Crippen LogP contribution in [0.1, 0.15) is 19.8 Å². The van der Waals surface area contributed by atoms with Crippen molar-refractivity contribution < 1.29 is 4.42 Å². The van der Waals surface area contributed by atoms with Crippen LogP contribution in [-0.4, -0.2) is 18.1 Å². The van der Waals surface area contributed by atoms with E-state index in [0.717, 1.165) is 47.1 Å². The zero-order chi connectivity index (χ0) is 14.9. The molecule has 0 radical (unpaired) electrons. The minimum atomic E-state index is 0.840. The highest BCUT2D eigenvalue weighted by Crippen LogP contribution is 2.27. The number of pyridine rings is 1. The zero-order valence-electron chi connectivity index (χ0n) is 12.8. The van der Waals surface area contributed by atoms with Crippen molar-refractivity contribution in [2.24, 2.45) is 5.92 Å². The maximum Gasteiger partial charge on any atom is 0.133 e. The quantitative estimate of drug-likeness (QED) is 0.683. The van der Waals surface area contributed by atoms with Gasteiger partial charge in [0, 0.05) is 24.0 Å². The molecular weight excluding hydrogens is 272 g/mol. The summed E-state index contributed by atoms with van der Waals surface area (Å²) in [7, 11) is 0. The van der Waals surface area contributed by atoms with Crippen molar-refractivity contribution in [2.45, 2.75) is 19.8 Å². The molecule has 0 spiro atoms. The maximum absolute atomic E-state index is 5.47. The van der Waals surface area contributed by atoms with Gasteiger partial charge in [-0.1, -0.05) is 6.92 Å². The molecule has 0 saturated carbocycles. The van der Waals surface area contributed by atoms with Crippen molar-refractivity contribution in [3.05, 3.63) is 48.7 Å². The highest BCUT2D eigenvalue weighted by molar-refractivity contribution is 5.84. The fourth-order valence-corrected chi connectivity index (χ4v) is 3.12. The van der Waals surface area contributed by atoms with Crippen LogP contribution >= 0.6 is 0 Å². The second kappa shape index (κ2) is 5.48. The van der Waals surface area contributed by atoms with E-state index >= 15 is 0 Å². The van der Waals surface area contributed by atoms with Crippen LogP contribution < -0.4 is 4.90 Å². The molecule has 3 heteroatoms. The normalized spacial score (nSPS) is 16.3. The molecule has 0 aliphatic carbocycles. The second-order valence-electron chi connectivity index (χ2n) is 6.22. The number of piperidine rings is 1. The first-order valence-electron chi connectivity index (χ1n) is 7.99. The third-order valence-corrected chi connectivity index (χ3v) is 4.59. The highest BCUT2D eigenvalue weighted by Gasteiger charge is 2.17. The molecule has 4 rings (SSSR count). The van der Waals surface area contributed by atoms with Gasteiger partial charge in [-0.15, -0.1) is 0 Å². The molecular formula is C19H20N2O. The van der Waals surface area contributed by atoms with Crippen molar-refractivity contribution in [2.75, 3.05) is 18.0 Å². The topological polar surface area (TPSA) is 29.3 Å². The number of hydrogen-bond acceptors (Lipinski definition) is 3. The van der Waals surface area contributed by atoms with E-state index in [1.165, 1.54) is 12.8 Å². The first-order valence-corrected chi connectivity index (χ1v) is 7.99. The van der Waals surface area contributed by atoms with Gasteiger partial charge in [-0.3, -0.25) is 0 Å². The van der Waals surface area contributed by atoms with Gasteiger partial charge >= 0.3 is 0 Å². The lowest BCUT2D eigenvalue weighted by molar-refractivity contribution is 0.437. The standard InChI is InChI=1S/C19H20N2O/c1-14-8-10-21(11-9-14)19-7-5-15-13-16(4-6-17(15)20-19)18-3-2-12-22-18/h2-7,12-14H,8-11H2,1H3. The number of aromatic nitrogens is 1. The molecule has 0 amide bonds. The van der Waals surface area contributed by atoms with Crippen LogP contribution in [0.5, 0.6) is 0 Å². The molecule has 1 aliphatic heterocycles. The summed E-state index contributed by atoms with van der Waals surface area (Å²) in [4.78, 5) is 7.24. The smallest absolute Gasteiger partial charge is 0.133 e. The Labute approximate surface area is 130 Å². The van der Waals surface area contributed by atoms with Crippen molar-refractivity contribution in [1.82, 2.24) is 4.98 Å². The number of rotatable bonds is 2. The Kier molecular flexibility index (Phi) is 3.34. The van der Waals surface area contributed by atoms with Crippen LogP contribution in [0.2, 0.25) is 0 Å². The number of nitrogens with zero attached hydrogens (tertiary/aromatic N) is 2. The monoisotopic (exact) mass is 292 g/mol. The van der Waals surface area contributed by atoms with Gasteiger partial charge in [-0.2, -0.15) is 0 Å². The lowest BCUT2D eigenvalue weighted by atomic mass is 9.99.